The highest BCUT2D eigenvalue weighted by Crippen LogP contribution is 2.28. The van der Waals surface area contributed by atoms with Crippen molar-refractivity contribution in [3.8, 4) is 0 Å². The third kappa shape index (κ3) is 13.2. The molecule has 1 aliphatic heterocycles. The Morgan fingerprint density at radius 1 is 0.778 bits per heavy atom. The number of nitrogens with zero attached hydrogens (tertiary/aromatic N) is 1. The van der Waals surface area contributed by atoms with E-state index in [-0.39, 0.29) is 22.8 Å². The van der Waals surface area contributed by atoms with Gasteiger partial charge in [0.25, 0.3) is 0 Å². The fourth-order valence-corrected chi connectivity index (χ4v) is 4.22. The van der Waals surface area contributed by atoms with Crippen LogP contribution in [0.2, 0.25) is 0 Å². The quantitative estimate of drug-likeness (QED) is 0.265. The molecule has 1 rings (SSSR count). The molecule has 3 nitrogen and oxygen atoms in total. The lowest BCUT2D eigenvalue weighted by Gasteiger charge is -2.44. The van der Waals surface area contributed by atoms with E-state index in [2.05, 4.69) is 21.0 Å². The van der Waals surface area contributed by atoms with Crippen LogP contribution < -0.4 is 17.0 Å². The molecule has 1 heterocycles. The van der Waals surface area contributed by atoms with E-state index in [0.29, 0.717) is 0 Å². The van der Waals surface area contributed by atoms with Gasteiger partial charge in [0.2, 0.25) is 5.79 Å². The maximum absolute atomic E-state index is 6.03. The molecule has 0 saturated carbocycles. The van der Waals surface area contributed by atoms with Crippen LogP contribution in [0, 0.1) is 0 Å². The maximum Gasteiger partial charge on any atom is 0.218 e. The van der Waals surface area contributed by atoms with Crippen LogP contribution in [0.15, 0.2) is 0 Å². The normalized spacial score (nSPS) is 21.8. The average molecular weight is 451 g/mol. The van der Waals surface area contributed by atoms with E-state index in [1.54, 1.807) is 0 Å². The Labute approximate surface area is 180 Å². The van der Waals surface area contributed by atoms with E-state index < -0.39 is 0 Å². The third-order valence-electron chi connectivity index (χ3n) is 6.01. The molecular formula is C23H48BrNO2. The predicted octanol–water partition coefficient (Wildman–Crippen LogP) is 3.31. The molecule has 0 bridgehead atoms. The summed E-state index contributed by atoms with van der Waals surface area (Å²) >= 11 is 0. The summed E-state index contributed by atoms with van der Waals surface area (Å²) in [4.78, 5) is 0. The minimum atomic E-state index is -0.334. The molecule has 0 aromatic carbocycles. The molecule has 27 heavy (non-hydrogen) atoms. The van der Waals surface area contributed by atoms with E-state index in [4.69, 9.17) is 9.47 Å². The summed E-state index contributed by atoms with van der Waals surface area (Å²) in [5.41, 5.74) is 0. The van der Waals surface area contributed by atoms with Crippen LogP contribution in [0.25, 0.3) is 0 Å². The number of quaternary nitrogens is 1. The summed E-state index contributed by atoms with van der Waals surface area (Å²) in [5, 5.41) is 0. The van der Waals surface area contributed by atoms with Crippen molar-refractivity contribution < 1.29 is 30.9 Å². The van der Waals surface area contributed by atoms with E-state index in [1.807, 2.05) is 7.11 Å². The summed E-state index contributed by atoms with van der Waals surface area (Å²) in [6, 6.07) is 0. The van der Waals surface area contributed by atoms with Crippen LogP contribution >= 0.6 is 0 Å². The fraction of sp³-hybridized carbons (Fsp3) is 1.00. The van der Waals surface area contributed by atoms with Crippen molar-refractivity contribution in [2.45, 2.75) is 109 Å². The molecule has 1 atom stereocenters. The van der Waals surface area contributed by atoms with Crippen molar-refractivity contribution in [1.29, 1.82) is 0 Å². The number of ether oxygens (including phenoxy) is 2. The molecule has 0 spiro atoms. The van der Waals surface area contributed by atoms with Gasteiger partial charge in [0.15, 0.2) is 0 Å². The standard InChI is InChI=1S/C23H48NO2.BrH/c1-5-6-7-8-9-10-11-12-13-14-15-16-17-18-19-23(25-4)22-24(2,3)20-21-26-23;/h5-22H2,1-4H3;1H/q+1;/p-1. The lowest BCUT2D eigenvalue weighted by atomic mass is 10.0. The Morgan fingerprint density at radius 3 is 1.63 bits per heavy atom. The minimum Gasteiger partial charge on any atom is -1.00 e. The van der Waals surface area contributed by atoms with Crippen molar-refractivity contribution in [1.82, 2.24) is 0 Å². The number of hydrogen-bond acceptors (Lipinski definition) is 2. The second-order valence-corrected chi connectivity index (χ2v) is 9.13. The second-order valence-electron chi connectivity index (χ2n) is 9.13. The van der Waals surface area contributed by atoms with Crippen LogP contribution in [0.3, 0.4) is 0 Å². The van der Waals surface area contributed by atoms with Gasteiger partial charge in [-0.05, 0) is 6.42 Å². The van der Waals surface area contributed by atoms with Crippen molar-refractivity contribution in [2.75, 3.05) is 40.9 Å². The zero-order chi connectivity index (χ0) is 19.1. The van der Waals surface area contributed by atoms with Gasteiger partial charge in [0.05, 0.1) is 20.7 Å². The lowest BCUT2D eigenvalue weighted by Crippen LogP contribution is -3.00. The Hall–Kier alpha value is 0.360. The van der Waals surface area contributed by atoms with E-state index in [0.717, 1.165) is 30.6 Å². The number of unbranched alkanes of at least 4 members (excludes halogenated alkanes) is 13. The zero-order valence-corrected chi connectivity index (χ0v) is 20.5. The number of hydrogen-bond donors (Lipinski definition) is 0. The highest BCUT2D eigenvalue weighted by Gasteiger charge is 2.41. The molecule has 1 saturated heterocycles. The summed E-state index contributed by atoms with van der Waals surface area (Å²) < 4.78 is 12.8. The van der Waals surface area contributed by atoms with Gasteiger partial charge in [0.1, 0.15) is 13.1 Å². The van der Waals surface area contributed by atoms with Gasteiger partial charge < -0.3 is 30.9 Å². The number of morpholine rings is 1. The van der Waals surface area contributed by atoms with Crippen molar-refractivity contribution in [3.63, 3.8) is 0 Å². The van der Waals surface area contributed by atoms with Crippen LogP contribution in [-0.4, -0.2) is 51.2 Å². The van der Waals surface area contributed by atoms with Crippen molar-refractivity contribution in [2.24, 2.45) is 0 Å². The Balaban J connectivity index is 0.00000676. The number of methoxy groups -OCH3 is 1. The summed E-state index contributed by atoms with van der Waals surface area (Å²) in [7, 11) is 6.37. The van der Waals surface area contributed by atoms with Gasteiger partial charge in [-0.25, -0.2) is 0 Å². The van der Waals surface area contributed by atoms with Gasteiger partial charge in [-0.15, -0.1) is 0 Å². The molecule has 1 aliphatic rings. The summed E-state index contributed by atoms with van der Waals surface area (Å²) in [6.07, 6.45) is 20.7. The Morgan fingerprint density at radius 2 is 1.22 bits per heavy atom. The van der Waals surface area contributed by atoms with Crippen LogP contribution in [0.5, 0.6) is 0 Å². The molecule has 0 aromatic rings. The average Bonchev–Trinajstić information content (AvgIpc) is 2.61. The molecule has 0 radical (unpaired) electrons. The molecule has 164 valence electrons. The minimum absolute atomic E-state index is 0. The molecule has 4 heteroatoms. The van der Waals surface area contributed by atoms with Crippen molar-refractivity contribution in [3.05, 3.63) is 0 Å². The molecule has 0 amide bonds. The van der Waals surface area contributed by atoms with Gasteiger partial charge in [0, 0.05) is 13.5 Å². The van der Waals surface area contributed by atoms with Crippen LogP contribution in [0.1, 0.15) is 103 Å². The first kappa shape index (κ1) is 27.4. The SMILES string of the molecule is CCCCCCCCCCCCCCCCC1(OC)C[N+](C)(C)CCO1.[Br-]. The van der Waals surface area contributed by atoms with E-state index in [1.165, 1.54) is 89.9 Å². The third-order valence-corrected chi connectivity index (χ3v) is 6.01. The first-order valence-electron chi connectivity index (χ1n) is 11.5. The number of rotatable bonds is 16. The van der Waals surface area contributed by atoms with Crippen LogP contribution in [0.4, 0.5) is 0 Å². The van der Waals surface area contributed by atoms with E-state index >= 15 is 0 Å². The Kier molecular flexibility index (Phi) is 16.4. The number of likely N-dealkylation sites (N-methyl/N-ethyl adjacent to an activating group) is 1. The monoisotopic (exact) mass is 449 g/mol. The van der Waals surface area contributed by atoms with Gasteiger partial charge in [-0.2, -0.15) is 0 Å². The summed E-state index contributed by atoms with van der Waals surface area (Å²) in [6.45, 7) is 5.17. The first-order chi connectivity index (χ1) is 12.5. The molecule has 1 fully saturated rings. The Bertz CT molecular complexity index is 338. The predicted molar refractivity (Wildman–Crippen MR) is 112 cm³/mol. The van der Waals surface area contributed by atoms with Crippen LogP contribution in [-0.2, 0) is 9.47 Å². The first-order valence-corrected chi connectivity index (χ1v) is 11.5. The maximum atomic E-state index is 6.03. The molecule has 0 aliphatic carbocycles. The topological polar surface area (TPSA) is 18.5 Å². The molecular weight excluding hydrogens is 402 g/mol. The number of halogens is 1. The second kappa shape index (κ2) is 16.2. The van der Waals surface area contributed by atoms with E-state index in [9.17, 15) is 0 Å². The molecule has 0 N–H and O–H groups in total. The highest BCUT2D eigenvalue weighted by molar-refractivity contribution is 4.72. The van der Waals surface area contributed by atoms with Gasteiger partial charge in [-0.3, -0.25) is 0 Å². The molecule has 1 unspecified atom stereocenters. The fourth-order valence-electron chi connectivity index (χ4n) is 4.22. The zero-order valence-electron chi connectivity index (χ0n) is 18.9. The summed E-state index contributed by atoms with van der Waals surface area (Å²) in [5.74, 6) is -0.334. The van der Waals surface area contributed by atoms with Gasteiger partial charge in [-0.1, -0.05) is 90.4 Å². The smallest absolute Gasteiger partial charge is 0.218 e. The largest absolute Gasteiger partial charge is 1.00 e. The van der Waals surface area contributed by atoms with Gasteiger partial charge >= 0.3 is 0 Å². The van der Waals surface area contributed by atoms with Crippen molar-refractivity contribution >= 4 is 0 Å². The highest BCUT2D eigenvalue weighted by atomic mass is 79.9. The lowest BCUT2D eigenvalue weighted by molar-refractivity contribution is -0.911. The molecule has 0 aromatic heterocycles.